The number of halogens is 1. The lowest BCUT2D eigenvalue weighted by Gasteiger charge is -2.19. The van der Waals surface area contributed by atoms with Crippen molar-refractivity contribution >= 4 is 40.9 Å². The average Bonchev–Trinajstić information content (AvgIpc) is 3.11. The van der Waals surface area contributed by atoms with Gasteiger partial charge in [-0.05, 0) is 63.1 Å². The second-order valence-corrected chi connectivity index (χ2v) is 8.73. The van der Waals surface area contributed by atoms with Crippen LogP contribution < -0.4 is 15.5 Å². The van der Waals surface area contributed by atoms with Gasteiger partial charge < -0.3 is 20.3 Å². The Labute approximate surface area is 186 Å². The van der Waals surface area contributed by atoms with Crippen LogP contribution in [0.25, 0.3) is 0 Å². The molecule has 0 spiro atoms. The zero-order chi connectivity index (χ0) is 22.6. The molecule has 3 amide bonds. The Morgan fingerprint density at radius 2 is 1.84 bits per heavy atom. The SMILES string of the molecule is CC(C)(C)OC(=O)NCc1ccc(C(=O)Nc2ccc(N3CCCC3=O)c(Cl)c2)cc1. The second kappa shape index (κ2) is 9.39. The minimum absolute atomic E-state index is 0.0555. The van der Waals surface area contributed by atoms with Crippen molar-refractivity contribution in [2.75, 3.05) is 16.8 Å². The largest absolute Gasteiger partial charge is 0.444 e. The molecular weight excluding hydrogens is 418 g/mol. The highest BCUT2D eigenvalue weighted by Crippen LogP contribution is 2.31. The van der Waals surface area contributed by atoms with Crippen molar-refractivity contribution in [2.24, 2.45) is 0 Å². The normalized spacial score (nSPS) is 13.8. The Hall–Kier alpha value is -3.06. The minimum Gasteiger partial charge on any atom is -0.444 e. The number of benzene rings is 2. The van der Waals surface area contributed by atoms with Gasteiger partial charge in [0.1, 0.15) is 5.60 Å². The lowest BCUT2D eigenvalue weighted by Crippen LogP contribution is -2.32. The van der Waals surface area contributed by atoms with Gasteiger partial charge in [0.25, 0.3) is 5.91 Å². The summed E-state index contributed by atoms with van der Waals surface area (Å²) in [5, 5.41) is 5.90. The number of rotatable bonds is 5. The van der Waals surface area contributed by atoms with Gasteiger partial charge in [-0.25, -0.2) is 4.79 Å². The fraction of sp³-hybridized carbons (Fsp3) is 0.348. The Kier molecular flexibility index (Phi) is 6.85. The van der Waals surface area contributed by atoms with Crippen molar-refractivity contribution in [3.8, 4) is 0 Å². The third-order valence-electron chi connectivity index (χ3n) is 4.62. The Morgan fingerprint density at radius 1 is 1.13 bits per heavy atom. The maximum atomic E-state index is 12.5. The van der Waals surface area contributed by atoms with Crippen molar-refractivity contribution in [3.05, 3.63) is 58.6 Å². The minimum atomic E-state index is -0.558. The van der Waals surface area contributed by atoms with Crippen LogP contribution in [0.5, 0.6) is 0 Å². The number of nitrogens with zero attached hydrogens (tertiary/aromatic N) is 1. The lowest BCUT2D eigenvalue weighted by atomic mass is 10.1. The summed E-state index contributed by atoms with van der Waals surface area (Å²) >= 11 is 6.34. The first kappa shape index (κ1) is 22.6. The van der Waals surface area contributed by atoms with Crippen LogP contribution in [0, 0.1) is 0 Å². The maximum Gasteiger partial charge on any atom is 0.407 e. The highest BCUT2D eigenvalue weighted by atomic mass is 35.5. The summed E-state index contributed by atoms with van der Waals surface area (Å²) in [6.07, 6.45) is 0.847. The highest BCUT2D eigenvalue weighted by molar-refractivity contribution is 6.34. The first-order valence-corrected chi connectivity index (χ1v) is 10.5. The van der Waals surface area contributed by atoms with Crippen LogP contribution >= 0.6 is 11.6 Å². The highest BCUT2D eigenvalue weighted by Gasteiger charge is 2.23. The van der Waals surface area contributed by atoms with Crippen LogP contribution in [0.2, 0.25) is 5.02 Å². The van der Waals surface area contributed by atoms with Gasteiger partial charge >= 0.3 is 6.09 Å². The molecule has 1 saturated heterocycles. The van der Waals surface area contributed by atoms with E-state index in [1.54, 1.807) is 68.1 Å². The topological polar surface area (TPSA) is 87.7 Å². The van der Waals surface area contributed by atoms with Crippen LogP contribution in [0.4, 0.5) is 16.2 Å². The molecule has 1 heterocycles. The lowest BCUT2D eigenvalue weighted by molar-refractivity contribution is -0.117. The molecule has 31 heavy (non-hydrogen) atoms. The van der Waals surface area contributed by atoms with E-state index in [2.05, 4.69) is 10.6 Å². The zero-order valence-electron chi connectivity index (χ0n) is 17.8. The molecule has 0 aromatic heterocycles. The summed E-state index contributed by atoms with van der Waals surface area (Å²) in [4.78, 5) is 37.9. The van der Waals surface area contributed by atoms with E-state index >= 15 is 0 Å². The van der Waals surface area contributed by atoms with Gasteiger partial charge in [0.05, 0.1) is 10.7 Å². The van der Waals surface area contributed by atoms with Crippen LogP contribution in [0.1, 0.15) is 49.5 Å². The Balaban J connectivity index is 1.57. The predicted octanol–water partition coefficient (Wildman–Crippen LogP) is 4.74. The van der Waals surface area contributed by atoms with E-state index in [0.29, 0.717) is 41.5 Å². The third-order valence-corrected chi connectivity index (χ3v) is 4.92. The molecule has 2 aromatic rings. The molecule has 1 aliphatic rings. The molecule has 1 aliphatic heterocycles. The molecule has 1 fully saturated rings. The second-order valence-electron chi connectivity index (χ2n) is 8.32. The van der Waals surface area contributed by atoms with Crippen molar-refractivity contribution in [1.82, 2.24) is 5.32 Å². The molecule has 0 atom stereocenters. The molecular formula is C23H26ClN3O4. The third kappa shape index (κ3) is 6.21. The summed E-state index contributed by atoms with van der Waals surface area (Å²) in [5.41, 5.74) is 1.95. The number of hydrogen-bond acceptors (Lipinski definition) is 4. The first-order valence-electron chi connectivity index (χ1n) is 10.1. The number of hydrogen-bond donors (Lipinski definition) is 2. The van der Waals surface area contributed by atoms with Gasteiger partial charge in [0.2, 0.25) is 5.91 Å². The summed E-state index contributed by atoms with van der Waals surface area (Å²) in [7, 11) is 0. The number of amides is 3. The summed E-state index contributed by atoms with van der Waals surface area (Å²) in [6, 6.07) is 12.0. The smallest absolute Gasteiger partial charge is 0.407 e. The van der Waals surface area contributed by atoms with Crippen molar-refractivity contribution in [2.45, 2.75) is 45.8 Å². The number of carbonyl (C=O) groups excluding carboxylic acids is 3. The average molecular weight is 444 g/mol. The predicted molar refractivity (Wildman–Crippen MR) is 121 cm³/mol. The van der Waals surface area contributed by atoms with Crippen molar-refractivity contribution < 1.29 is 19.1 Å². The van der Waals surface area contributed by atoms with E-state index in [1.807, 2.05) is 0 Å². The fourth-order valence-corrected chi connectivity index (χ4v) is 3.45. The number of ether oxygens (including phenoxy) is 1. The van der Waals surface area contributed by atoms with Crippen LogP contribution in [0.3, 0.4) is 0 Å². The van der Waals surface area contributed by atoms with Gasteiger partial charge in [0, 0.05) is 30.8 Å². The monoisotopic (exact) mass is 443 g/mol. The van der Waals surface area contributed by atoms with Gasteiger partial charge in [0.15, 0.2) is 0 Å². The van der Waals surface area contributed by atoms with Crippen LogP contribution in [-0.4, -0.2) is 30.1 Å². The molecule has 2 N–H and O–H groups in total. The van der Waals surface area contributed by atoms with E-state index in [4.69, 9.17) is 16.3 Å². The first-order chi connectivity index (χ1) is 14.6. The fourth-order valence-electron chi connectivity index (χ4n) is 3.17. The quantitative estimate of drug-likeness (QED) is 0.698. The molecule has 164 valence electrons. The number of alkyl carbamates (subject to hydrolysis) is 1. The number of carbonyl (C=O) groups is 3. The van der Waals surface area contributed by atoms with E-state index in [9.17, 15) is 14.4 Å². The van der Waals surface area contributed by atoms with Crippen molar-refractivity contribution in [1.29, 1.82) is 0 Å². The van der Waals surface area contributed by atoms with Crippen LogP contribution in [-0.2, 0) is 16.1 Å². The number of anilines is 2. The Morgan fingerprint density at radius 3 is 2.42 bits per heavy atom. The molecule has 0 radical (unpaired) electrons. The summed E-state index contributed by atoms with van der Waals surface area (Å²) in [5.74, 6) is -0.229. The molecule has 2 aromatic carbocycles. The van der Waals surface area contributed by atoms with Crippen molar-refractivity contribution in [3.63, 3.8) is 0 Å². The van der Waals surface area contributed by atoms with Gasteiger partial charge in [-0.3, -0.25) is 9.59 Å². The molecule has 0 unspecified atom stereocenters. The molecule has 0 saturated carbocycles. The van der Waals surface area contributed by atoms with E-state index in [0.717, 1.165) is 12.0 Å². The molecule has 8 heteroatoms. The maximum absolute atomic E-state index is 12.5. The summed E-state index contributed by atoms with van der Waals surface area (Å²) in [6.45, 7) is 6.34. The zero-order valence-corrected chi connectivity index (χ0v) is 18.6. The van der Waals surface area contributed by atoms with E-state index in [-0.39, 0.29) is 11.8 Å². The summed E-state index contributed by atoms with van der Waals surface area (Å²) < 4.78 is 5.20. The van der Waals surface area contributed by atoms with Gasteiger partial charge in [-0.1, -0.05) is 23.7 Å². The molecule has 0 aliphatic carbocycles. The Bertz CT molecular complexity index is 983. The van der Waals surface area contributed by atoms with E-state index in [1.165, 1.54) is 0 Å². The number of nitrogens with one attached hydrogen (secondary N) is 2. The molecule has 7 nitrogen and oxygen atoms in total. The molecule has 3 rings (SSSR count). The molecule has 0 bridgehead atoms. The van der Waals surface area contributed by atoms with Crippen LogP contribution in [0.15, 0.2) is 42.5 Å². The van der Waals surface area contributed by atoms with Gasteiger partial charge in [-0.15, -0.1) is 0 Å². The van der Waals surface area contributed by atoms with E-state index < -0.39 is 11.7 Å². The van der Waals surface area contributed by atoms with Gasteiger partial charge in [-0.2, -0.15) is 0 Å². The standard InChI is InChI=1S/C23H26ClN3O4/c1-23(2,3)31-22(30)25-14-15-6-8-16(9-7-15)21(29)26-17-10-11-19(18(24)13-17)27-12-4-5-20(27)28/h6-11,13H,4-5,12,14H2,1-3H3,(H,25,30)(H,26,29).